The van der Waals surface area contributed by atoms with Gasteiger partial charge in [-0.1, -0.05) is 0 Å². The molecule has 20 heavy (non-hydrogen) atoms. The molecule has 1 aromatic rings. The fourth-order valence-corrected chi connectivity index (χ4v) is 1.43. The topological polar surface area (TPSA) is 126 Å². The second-order valence-electron chi connectivity index (χ2n) is 3.66. The smallest absolute Gasteiger partial charge is 0.277 e. The maximum absolute atomic E-state index is 11.5. The second-order valence-corrected chi connectivity index (χ2v) is 3.66. The number of carbonyl (C=O) groups excluding carboxylic acids is 1. The molecule has 0 bridgehead atoms. The lowest BCUT2D eigenvalue weighted by molar-refractivity contribution is -0.385. The van der Waals surface area contributed by atoms with Crippen molar-refractivity contribution in [3.63, 3.8) is 0 Å². The predicted molar refractivity (Wildman–Crippen MR) is 68.3 cm³/mol. The molecule has 3 N–H and O–H groups in total. The van der Waals surface area contributed by atoms with Crippen LogP contribution in [-0.2, 0) is 9.53 Å². The van der Waals surface area contributed by atoms with Crippen molar-refractivity contribution in [3.05, 3.63) is 28.3 Å². The number of hydrazine groups is 1. The molecule has 0 aliphatic rings. The zero-order valence-electron chi connectivity index (χ0n) is 11.0. The molecule has 0 spiro atoms. The van der Waals surface area contributed by atoms with Gasteiger partial charge in [0, 0.05) is 13.2 Å². The Morgan fingerprint density at radius 3 is 2.65 bits per heavy atom. The molecule has 1 aromatic carbocycles. The summed E-state index contributed by atoms with van der Waals surface area (Å²) >= 11 is 0. The quantitative estimate of drug-likeness (QED) is 0.312. The van der Waals surface area contributed by atoms with Gasteiger partial charge >= 0.3 is 0 Å². The van der Waals surface area contributed by atoms with Crippen molar-refractivity contribution in [2.45, 2.75) is 6.10 Å². The molecule has 110 valence electrons. The van der Waals surface area contributed by atoms with Gasteiger partial charge in [-0.3, -0.25) is 20.3 Å². The van der Waals surface area contributed by atoms with E-state index in [0.29, 0.717) is 0 Å². The van der Waals surface area contributed by atoms with Gasteiger partial charge in [0.15, 0.2) is 11.5 Å². The fourth-order valence-electron chi connectivity index (χ4n) is 1.43. The lowest BCUT2D eigenvalue weighted by Gasteiger charge is -2.18. The van der Waals surface area contributed by atoms with Crippen LogP contribution in [0.3, 0.4) is 0 Å². The standard InChI is InChI=1S/C11H15N3O6/c1-18-6-10(11(15)13-12)20-8-4-3-7(14(16)17)5-9(8)19-2/h3-5,10H,6,12H2,1-2H3,(H,13,15). The fraction of sp³-hybridized carbons (Fsp3) is 0.364. The number of rotatable bonds is 7. The van der Waals surface area contributed by atoms with Crippen LogP contribution in [0.5, 0.6) is 11.5 Å². The van der Waals surface area contributed by atoms with Gasteiger partial charge in [0.25, 0.3) is 11.6 Å². The molecule has 0 saturated carbocycles. The summed E-state index contributed by atoms with van der Waals surface area (Å²) in [5.41, 5.74) is 1.79. The molecule has 0 aromatic heterocycles. The van der Waals surface area contributed by atoms with E-state index in [4.69, 9.17) is 20.1 Å². The molecule has 0 aliphatic carbocycles. The van der Waals surface area contributed by atoms with Crippen molar-refractivity contribution in [1.29, 1.82) is 0 Å². The molecule has 0 saturated heterocycles. The Hall–Kier alpha value is -2.39. The molecular weight excluding hydrogens is 270 g/mol. The first-order valence-corrected chi connectivity index (χ1v) is 5.52. The van der Waals surface area contributed by atoms with Crippen molar-refractivity contribution < 1.29 is 23.9 Å². The summed E-state index contributed by atoms with van der Waals surface area (Å²) in [6.07, 6.45) is -1.000. The molecule has 0 fully saturated rings. The largest absolute Gasteiger partial charge is 0.493 e. The number of ether oxygens (including phenoxy) is 3. The molecule has 1 atom stereocenters. The van der Waals surface area contributed by atoms with E-state index in [1.807, 2.05) is 5.43 Å². The summed E-state index contributed by atoms with van der Waals surface area (Å²) < 4.78 is 15.2. The van der Waals surface area contributed by atoms with Gasteiger partial charge in [-0.25, -0.2) is 5.84 Å². The SMILES string of the molecule is COCC(Oc1ccc([N+](=O)[O-])cc1OC)C(=O)NN. The van der Waals surface area contributed by atoms with Crippen LogP contribution in [0.15, 0.2) is 18.2 Å². The van der Waals surface area contributed by atoms with Crippen LogP contribution in [0.2, 0.25) is 0 Å². The van der Waals surface area contributed by atoms with E-state index in [1.165, 1.54) is 32.4 Å². The van der Waals surface area contributed by atoms with E-state index < -0.39 is 16.9 Å². The minimum atomic E-state index is -1.000. The summed E-state index contributed by atoms with van der Waals surface area (Å²) in [7, 11) is 2.73. The van der Waals surface area contributed by atoms with Crippen molar-refractivity contribution in [3.8, 4) is 11.5 Å². The highest BCUT2D eigenvalue weighted by molar-refractivity contribution is 5.80. The molecule has 0 heterocycles. The van der Waals surface area contributed by atoms with Crippen molar-refractivity contribution >= 4 is 11.6 Å². The number of nitrogens with zero attached hydrogens (tertiary/aromatic N) is 1. The Labute approximate surface area is 114 Å². The van der Waals surface area contributed by atoms with E-state index in [9.17, 15) is 14.9 Å². The maximum Gasteiger partial charge on any atom is 0.277 e. The number of hydrogen-bond donors (Lipinski definition) is 2. The molecule has 0 aliphatic heterocycles. The Morgan fingerprint density at radius 1 is 1.45 bits per heavy atom. The molecule has 9 nitrogen and oxygen atoms in total. The Kier molecular flexibility index (Phi) is 5.69. The summed E-state index contributed by atoms with van der Waals surface area (Å²) in [6.45, 7) is -0.0385. The third-order valence-corrected chi connectivity index (χ3v) is 2.38. The number of non-ortho nitro benzene ring substituents is 1. The van der Waals surface area contributed by atoms with E-state index in [2.05, 4.69) is 0 Å². The minimum absolute atomic E-state index is 0.0385. The monoisotopic (exact) mass is 285 g/mol. The van der Waals surface area contributed by atoms with Gasteiger partial charge in [-0.05, 0) is 6.07 Å². The number of nitro groups is 1. The lowest BCUT2D eigenvalue weighted by atomic mass is 10.2. The van der Waals surface area contributed by atoms with Crippen LogP contribution in [-0.4, -0.2) is 37.8 Å². The average molecular weight is 285 g/mol. The van der Waals surface area contributed by atoms with Crippen LogP contribution < -0.4 is 20.7 Å². The zero-order valence-corrected chi connectivity index (χ0v) is 11.0. The van der Waals surface area contributed by atoms with Crippen molar-refractivity contribution in [1.82, 2.24) is 5.43 Å². The molecular formula is C11H15N3O6. The number of nitrogens with two attached hydrogens (primary N) is 1. The van der Waals surface area contributed by atoms with Gasteiger partial charge in [0.2, 0.25) is 6.10 Å². The highest BCUT2D eigenvalue weighted by atomic mass is 16.6. The third kappa shape index (κ3) is 3.80. The molecule has 9 heteroatoms. The van der Waals surface area contributed by atoms with Crippen LogP contribution in [0, 0.1) is 10.1 Å². The average Bonchev–Trinajstić information content (AvgIpc) is 2.45. The van der Waals surface area contributed by atoms with Gasteiger partial charge in [-0.2, -0.15) is 0 Å². The molecule has 1 rings (SSSR count). The van der Waals surface area contributed by atoms with Gasteiger partial charge < -0.3 is 14.2 Å². The van der Waals surface area contributed by atoms with Gasteiger partial charge in [0.05, 0.1) is 24.7 Å². The minimum Gasteiger partial charge on any atom is -0.493 e. The van der Waals surface area contributed by atoms with Crippen LogP contribution >= 0.6 is 0 Å². The van der Waals surface area contributed by atoms with E-state index in [1.54, 1.807) is 0 Å². The van der Waals surface area contributed by atoms with E-state index in [-0.39, 0.29) is 23.8 Å². The van der Waals surface area contributed by atoms with Crippen LogP contribution in [0.4, 0.5) is 5.69 Å². The Balaban J connectivity index is 3.00. The second kappa shape index (κ2) is 7.26. The summed E-state index contributed by atoms with van der Waals surface area (Å²) in [4.78, 5) is 21.6. The number of carbonyl (C=O) groups is 1. The number of nitrogens with one attached hydrogen (secondary N) is 1. The van der Waals surface area contributed by atoms with Gasteiger partial charge in [-0.15, -0.1) is 0 Å². The van der Waals surface area contributed by atoms with Crippen LogP contribution in [0.1, 0.15) is 0 Å². The van der Waals surface area contributed by atoms with E-state index >= 15 is 0 Å². The number of methoxy groups -OCH3 is 2. The maximum atomic E-state index is 11.5. The first-order chi connectivity index (χ1) is 9.53. The van der Waals surface area contributed by atoms with Crippen LogP contribution in [0.25, 0.3) is 0 Å². The summed E-state index contributed by atoms with van der Waals surface area (Å²) in [6, 6.07) is 3.77. The number of amides is 1. The first-order valence-electron chi connectivity index (χ1n) is 5.52. The molecule has 1 amide bonds. The van der Waals surface area contributed by atoms with Crippen molar-refractivity contribution in [2.24, 2.45) is 5.84 Å². The zero-order chi connectivity index (χ0) is 15.1. The lowest BCUT2D eigenvalue weighted by Crippen LogP contribution is -2.44. The number of nitro benzene ring substituents is 1. The first kappa shape index (κ1) is 15.7. The highest BCUT2D eigenvalue weighted by Crippen LogP contribution is 2.31. The highest BCUT2D eigenvalue weighted by Gasteiger charge is 2.22. The summed E-state index contributed by atoms with van der Waals surface area (Å²) in [5, 5.41) is 10.7. The van der Waals surface area contributed by atoms with E-state index in [0.717, 1.165) is 0 Å². The third-order valence-electron chi connectivity index (χ3n) is 2.38. The molecule has 0 radical (unpaired) electrons. The summed E-state index contributed by atoms with van der Waals surface area (Å²) in [5.74, 6) is 4.74. The Bertz CT molecular complexity index is 493. The normalized spacial score (nSPS) is 11.6. The predicted octanol–water partition coefficient (Wildman–Crippen LogP) is -0.0129. The molecule has 1 unspecified atom stereocenters. The number of hydrogen-bond acceptors (Lipinski definition) is 7. The van der Waals surface area contributed by atoms with Crippen molar-refractivity contribution in [2.75, 3.05) is 20.8 Å². The Morgan fingerprint density at radius 2 is 2.15 bits per heavy atom. The van der Waals surface area contributed by atoms with Gasteiger partial charge in [0.1, 0.15) is 0 Å². The number of benzene rings is 1.